The summed E-state index contributed by atoms with van der Waals surface area (Å²) in [5.74, 6) is -2.73. The van der Waals surface area contributed by atoms with Crippen LogP contribution in [0.2, 0.25) is 0 Å². The van der Waals surface area contributed by atoms with Gasteiger partial charge in [0.15, 0.2) is 5.82 Å². The van der Waals surface area contributed by atoms with Gasteiger partial charge in [-0.1, -0.05) is 17.7 Å². The molecule has 0 saturated carbocycles. The predicted molar refractivity (Wildman–Crippen MR) is 72.2 cm³/mol. The Kier molecular flexibility index (Phi) is 3.65. The Bertz CT molecular complexity index is 687. The fraction of sp³-hybridized carbons (Fsp3) is 0.143. The van der Waals surface area contributed by atoms with Gasteiger partial charge in [-0.05, 0) is 31.5 Å². The Hall–Kier alpha value is -2.50. The van der Waals surface area contributed by atoms with Crippen molar-refractivity contribution in [2.24, 2.45) is 0 Å². The number of nitro benzene ring substituents is 1. The van der Waals surface area contributed by atoms with Gasteiger partial charge in [0.05, 0.1) is 10.6 Å². The van der Waals surface area contributed by atoms with Crippen LogP contribution < -0.4 is 5.32 Å². The molecule has 0 amide bonds. The number of aryl methyl sites for hydroxylation is 2. The van der Waals surface area contributed by atoms with E-state index in [4.69, 9.17) is 0 Å². The molecular weight excluding hydrogens is 266 g/mol. The summed E-state index contributed by atoms with van der Waals surface area (Å²) in [4.78, 5) is 9.55. The van der Waals surface area contributed by atoms with Crippen LogP contribution in [0.1, 0.15) is 11.1 Å². The third-order valence-electron chi connectivity index (χ3n) is 2.91. The maximum atomic E-state index is 13.8. The molecule has 0 aliphatic rings. The quantitative estimate of drug-likeness (QED) is 0.675. The van der Waals surface area contributed by atoms with Gasteiger partial charge in [-0.2, -0.15) is 4.39 Å². The second-order valence-electron chi connectivity index (χ2n) is 4.46. The lowest BCUT2D eigenvalue weighted by molar-refractivity contribution is -0.387. The van der Waals surface area contributed by atoms with Gasteiger partial charge < -0.3 is 5.32 Å². The van der Waals surface area contributed by atoms with E-state index in [0.717, 1.165) is 23.3 Å². The standard InChI is InChI=1S/C14H12F2N2O2/c1-8-3-4-10(9(2)7-8)17-11-5-6-12(18(19)20)14(16)13(11)15/h3-7,17H,1-2H3. The molecule has 0 saturated heterocycles. The molecule has 2 aromatic rings. The van der Waals surface area contributed by atoms with Crippen LogP contribution in [0.3, 0.4) is 0 Å². The molecule has 2 rings (SSSR count). The lowest BCUT2D eigenvalue weighted by Crippen LogP contribution is -2.01. The lowest BCUT2D eigenvalue weighted by Gasteiger charge is -2.11. The first-order chi connectivity index (χ1) is 9.40. The lowest BCUT2D eigenvalue weighted by atomic mass is 10.1. The third kappa shape index (κ3) is 2.59. The topological polar surface area (TPSA) is 55.2 Å². The summed E-state index contributed by atoms with van der Waals surface area (Å²) in [6, 6.07) is 7.54. The van der Waals surface area contributed by atoms with Crippen molar-refractivity contribution in [3.8, 4) is 0 Å². The number of nitro groups is 1. The van der Waals surface area contributed by atoms with E-state index in [9.17, 15) is 18.9 Å². The molecule has 1 N–H and O–H groups in total. The molecule has 0 radical (unpaired) electrons. The van der Waals surface area contributed by atoms with E-state index >= 15 is 0 Å². The molecule has 4 nitrogen and oxygen atoms in total. The highest BCUT2D eigenvalue weighted by molar-refractivity contribution is 5.65. The van der Waals surface area contributed by atoms with Crippen LogP contribution in [0.5, 0.6) is 0 Å². The smallest absolute Gasteiger partial charge is 0.308 e. The van der Waals surface area contributed by atoms with E-state index in [1.807, 2.05) is 26.0 Å². The maximum absolute atomic E-state index is 13.8. The monoisotopic (exact) mass is 278 g/mol. The molecule has 20 heavy (non-hydrogen) atoms. The van der Waals surface area contributed by atoms with Crippen LogP contribution in [0, 0.1) is 35.6 Å². The first-order valence-corrected chi connectivity index (χ1v) is 5.87. The predicted octanol–water partition coefficient (Wildman–Crippen LogP) is 4.23. The molecule has 6 heteroatoms. The van der Waals surface area contributed by atoms with Gasteiger partial charge in [0.2, 0.25) is 5.82 Å². The zero-order valence-corrected chi connectivity index (χ0v) is 10.9. The fourth-order valence-corrected chi connectivity index (χ4v) is 1.88. The highest BCUT2D eigenvalue weighted by atomic mass is 19.2. The fourth-order valence-electron chi connectivity index (χ4n) is 1.88. The number of nitrogens with one attached hydrogen (secondary N) is 1. The highest BCUT2D eigenvalue weighted by Gasteiger charge is 2.21. The summed E-state index contributed by atoms with van der Waals surface area (Å²) >= 11 is 0. The molecule has 0 aliphatic heterocycles. The van der Waals surface area contributed by atoms with Gasteiger partial charge in [-0.25, -0.2) is 4.39 Å². The number of anilines is 2. The number of nitrogens with zero attached hydrogens (tertiary/aromatic N) is 1. The van der Waals surface area contributed by atoms with Crippen molar-refractivity contribution in [3.63, 3.8) is 0 Å². The summed E-state index contributed by atoms with van der Waals surface area (Å²) < 4.78 is 27.3. The van der Waals surface area contributed by atoms with E-state index in [0.29, 0.717) is 5.69 Å². The maximum Gasteiger partial charge on any atom is 0.308 e. The van der Waals surface area contributed by atoms with Crippen molar-refractivity contribution in [1.82, 2.24) is 0 Å². The van der Waals surface area contributed by atoms with Gasteiger partial charge in [-0.15, -0.1) is 0 Å². The van der Waals surface area contributed by atoms with Crippen LogP contribution >= 0.6 is 0 Å². The molecule has 0 spiro atoms. The van der Waals surface area contributed by atoms with Crippen LogP contribution in [0.4, 0.5) is 25.8 Å². The van der Waals surface area contributed by atoms with Gasteiger partial charge in [0.25, 0.3) is 0 Å². The second kappa shape index (κ2) is 5.24. The molecule has 0 fully saturated rings. The van der Waals surface area contributed by atoms with E-state index < -0.39 is 22.2 Å². The third-order valence-corrected chi connectivity index (χ3v) is 2.91. The first kappa shape index (κ1) is 13.9. The van der Waals surface area contributed by atoms with Crippen LogP contribution in [0.25, 0.3) is 0 Å². The van der Waals surface area contributed by atoms with Crippen LogP contribution in [0.15, 0.2) is 30.3 Å². The molecule has 0 aliphatic carbocycles. The van der Waals surface area contributed by atoms with E-state index in [1.54, 1.807) is 6.07 Å². The average molecular weight is 278 g/mol. The molecule has 0 bridgehead atoms. The summed E-state index contributed by atoms with van der Waals surface area (Å²) in [5, 5.41) is 13.3. The van der Waals surface area contributed by atoms with Crippen molar-refractivity contribution in [3.05, 3.63) is 63.2 Å². The number of hydrogen-bond donors (Lipinski definition) is 1. The Morgan fingerprint density at radius 3 is 2.30 bits per heavy atom. The molecule has 2 aromatic carbocycles. The molecule has 104 valence electrons. The normalized spacial score (nSPS) is 10.4. The van der Waals surface area contributed by atoms with Crippen LogP contribution in [-0.4, -0.2) is 4.92 Å². The van der Waals surface area contributed by atoms with E-state index in [2.05, 4.69) is 5.32 Å². The zero-order valence-electron chi connectivity index (χ0n) is 10.9. The summed E-state index contributed by atoms with van der Waals surface area (Å²) in [6.07, 6.45) is 0. The summed E-state index contributed by atoms with van der Waals surface area (Å²) in [5.41, 5.74) is 1.50. The molecule has 0 atom stereocenters. The minimum absolute atomic E-state index is 0.139. The average Bonchev–Trinajstić information content (AvgIpc) is 2.37. The Morgan fingerprint density at radius 2 is 1.70 bits per heavy atom. The summed E-state index contributed by atoms with van der Waals surface area (Å²) in [6.45, 7) is 3.75. The van der Waals surface area contributed by atoms with Crippen molar-refractivity contribution < 1.29 is 13.7 Å². The van der Waals surface area contributed by atoms with Gasteiger partial charge in [-0.3, -0.25) is 10.1 Å². The minimum Gasteiger partial charge on any atom is -0.353 e. The molecule has 0 aromatic heterocycles. The van der Waals surface area contributed by atoms with Crippen molar-refractivity contribution >= 4 is 17.1 Å². The number of rotatable bonds is 3. The Balaban J connectivity index is 2.39. The number of halogens is 2. The Labute approximate surface area is 114 Å². The largest absolute Gasteiger partial charge is 0.353 e. The Morgan fingerprint density at radius 1 is 1.05 bits per heavy atom. The SMILES string of the molecule is Cc1ccc(Nc2ccc([N+](=O)[O-])c(F)c2F)c(C)c1. The molecular formula is C14H12F2N2O2. The highest BCUT2D eigenvalue weighted by Crippen LogP contribution is 2.29. The minimum atomic E-state index is -1.47. The first-order valence-electron chi connectivity index (χ1n) is 5.87. The summed E-state index contributed by atoms with van der Waals surface area (Å²) in [7, 11) is 0. The zero-order chi connectivity index (χ0) is 14.9. The van der Waals surface area contributed by atoms with E-state index in [-0.39, 0.29) is 5.69 Å². The second-order valence-corrected chi connectivity index (χ2v) is 4.46. The number of hydrogen-bond acceptors (Lipinski definition) is 3. The van der Waals surface area contributed by atoms with E-state index in [1.165, 1.54) is 0 Å². The van der Waals surface area contributed by atoms with Crippen molar-refractivity contribution in [1.29, 1.82) is 0 Å². The van der Waals surface area contributed by atoms with Crippen molar-refractivity contribution in [2.75, 3.05) is 5.32 Å². The molecule has 0 unspecified atom stereocenters. The van der Waals surface area contributed by atoms with Gasteiger partial charge >= 0.3 is 5.69 Å². The van der Waals surface area contributed by atoms with Crippen LogP contribution in [-0.2, 0) is 0 Å². The molecule has 0 heterocycles. The van der Waals surface area contributed by atoms with Crippen molar-refractivity contribution in [2.45, 2.75) is 13.8 Å². The van der Waals surface area contributed by atoms with Gasteiger partial charge in [0.1, 0.15) is 0 Å². The number of benzene rings is 2. The van der Waals surface area contributed by atoms with Gasteiger partial charge in [0, 0.05) is 11.8 Å².